The molecule has 0 aliphatic heterocycles. The first-order valence-corrected chi connectivity index (χ1v) is 12.7. The van der Waals surface area contributed by atoms with Crippen LogP contribution in [0.2, 0.25) is 10.0 Å². The molecular formula is C30H24Cl2N2O4. The lowest BCUT2D eigenvalue weighted by atomic mass is 9.99. The van der Waals surface area contributed by atoms with E-state index in [2.05, 4.69) is 10.3 Å². The Labute approximate surface area is 230 Å². The Balaban J connectivity index is 1.51. The number of amides is 1. The van der Waals surface area contributed by atoms with Crippen LogP contribution in [0.3, 0.4) is 0 Å². The molecule has 4 aromatic rings. The van der Waals surface area contributed by atoms with Gasteiger partial charge in [0.25, 0.3) is 5.91 Å². The van der Waals surface area contributed by atoms with Crippen LogP contribution in [0.25, 0.3) is 22.3 Å². The van der Waals surface area contributed by atoms with Crippen molar-refractivity contribution in [3.8, 4) is 22.3 Å². The van der Waals surface area contributed by atoms with Crippen LogP contribution in [0.1, 0.15) is 45.7 Å². The Kier molecular flexibility index (Phi) is 8.56. The molecule has 0 atom stereocenters. The summed E-state index contributed by atoms with van der Waals surface area (Å²) in [5, 5.41) is 12.8. The molecular weight excluding hydrogens is 523 g/mol. The average molecular weight is 547 g/mol. The molecule has 1 amide bonds. The van der Waals surface area contributed by atoms with Gasteiger partial charge in [0.15, 0.2) is 5.78 Å². The van der Waals surface area contributed by atoms with Crippen molar-refractivity contribution in [3.05, 3.63) is 106 Å². The molecule has 0 unspecified atom stereocenters. The van der Waals surface area contributed by atoms with Crippen molar-refractivity contribution in [1.82, 2.24) is 4.98 Å². The summed E-state index contributed by atoms with van der Waals surface area (Å²) in [7, 11) is 0. The van der Waals surface area contributed by atoms with Crippen molar-refractivity contribution < 1.29 is 19.5 Å². The van der Waals surface area contributed by atoms with Crippen LogP contribution in [0.4, 0.5) is 5.69 Å². The van der Waals surface area contributed by atoms with E-state index in [9.17, 15) is 14.4 Å². The number of halogens is 2. The van der Waals surface area contributed by atoms with Gasteiger partial charge < -0.3 is 10.4 Å². The molecule has 1 heterocycles. The number of aromatic nitrogens is 1. The number of aryl methyl sites for hydroxylation is 1. The highest BCUT2D eigenvalue weighted by Gasteiger charge is 2.16. The van der Waals surface area contributed by atoms with Gasteiger partial charge in [-0.15, -0.1) is 0 Å². The third-order valence-electron chi connectivity index (χ3n) is 6.02. The van der Waals surface area contributed by atoms with Crippen LogP contribution in [-0.2, 0) is 4.79 Å². The number of rotatable bonds is 9. The fourth-order valence-corrected chi connectivity index (χ4v) is 4.48. The lowest BCUT2D eigenvalue weighted by Gasteiger charge is -2.12. The highest BCUT2D eigenvalue weighted by Crippen LogP contribution is 2.30. The zero-order valence-electron chi connectivity index (χ0n) is 20.5. The lowest BCUT2D eigenvalue weighted by Crippen LogP contribution is -2.13. The standard InChI is InChI=1S/C30H24Cl2N2O4/c1-18-15-21(31)8-12-24(18)19-5-10-23(11-6-19)34-30(38)25-13-9-22(32)16-26(25)20-7-14-27(33-17-20)28(35)3-2-4-29(36)37/h5-17H,2-4H2,1H3,(H,34,38)(H,36,37). The molecule has 0 radical (unpaired) electrons. The van der Waals surface area contributed by atoms with Crippen LogP contribution in [-0.4, -0.2) is 27.8 Å². The van der Waals surface area contributed by atoms with Crippen molar-refractivity contribution in [3.63, 3.8) is 0 Å². The number of hydrogen-bond acceptors (Lipinski definition) is 4. The quantitative estimate of drug-likeness (QED) is 0.209. The van der Waals surface area contributed by atoms with Gasteiger partial charge in [0.2, 0.25) is 0 Å². The van der Waals surface area contributed by atoms with Crippen LogP contribution in [0.15, 0.2) is 79.0 Å². The molecule has 0 bridgehead atoms. The van der Waals surface area contributed by atoms with Gasteiger partial charge in [-0.3, -0.25) is 19.4 Å². The van der Waals surface area contributed by atoms with Gasteiger partial charge in [-0.2, -0.15) is 0 Å². The molecule has 38 heavy (non-hydrogen) atoms. The topological polar surface area (TPSA) is 96.4 Å². The first-order chi connectivity index (χ1) is 18.2. The Hall–Kier alpha value is -4.00. The second-order valence-electron chi connectivity index (χ2n) is 8.78. The number of anilines is 1. The number of carboxylic acid groups (broad SMARTS) is 1. The monoisotopic (exact) mass is 546 g/mol. The average Bonchev–Trinajstić information content (AvgIpc) is 2.89. The minimum atomic E-state index is -0.944. The van der Waals surface area contributed by atoms with Gasteiger partial charge in [-0.1, -0.05) is 47.5 Å². The third kappa shape index (κ3) is 6.65. The van der Waals surface area contributed by atoms with Crippen molar-refractivity contribution in [1.29, 1.82) is 0 Å². The fraction of sp³-hybridized carbons (Fsp3) is 0.133. The number of carbonyl (C=O) groups excluding carboxylic acids is 2. The highest BCUT2D eigenvalue weighted by atomic mass is 35.5. The molecule has 1 aromatic heterocycles. The minimum Gasteiger partial charge on any atom is -0.481 e. The summed E-state index contributed by atoms with van der Waals surface area (Å²) < 4.78 is 0. The van der Waals surface area contributed by atoms with E-state index in [0.717, 1.165) is 16.7 Å². The van der Waals surface area contributed by atoms with Gasteiger partial charge in [0, 0.05) is 45.9 Å². The summed E-state index contributed by atoms with van der Waals surface area (Å²) in [6.45, 7) is 2.00. The summed E-state index contributed by atoms with van der Waals surface area (Å²) in [6, 6.07) is 21.5. The maximum absolute atomic E-state index is 13.2. The molecule has 3 aromatic carbocycles. The maximum atomic E-state index is 13.2. The van der Waals surface area contributed by atoms with Gasteiger partial charge in [0.1, 0.15) is 5.69 Å². The predicted octanol–water partition coefficient (Wildman–Crippen LogP) is 7.72. The van der Waals surface area contributed by atoms with Gasteiger partial charge in [-0.05, 0) is 84.1 Å². The Morgan fingerprint density at radius 1 is 0.816 bits per heavy atom. The van der Waals surface area contributed by atoms with E-state index in [1.807, 2.05) is 49.4 Å². The minimum absolute atomic E-state index is 0.0751. The molecule has 8 heteroatoms. The van der Waals surface area contributed by atoms with Crippen LogP contribution in [0, 0.1) is 6.92 Å². The number of Topliss-reactive ketones (excluding diaryl/α,β-unsaturated/α-hetero) is 1. The second kappa shape index (κ2) is 12.0. The Bertz CT molecular complexity index is 1500. The molecule has 0 fully saturated rings. The van der Waals surface area contributed by atoms with Crippen molar-refractivity contribution in [2.45, 2.75) is 26.2 Å². The molecule has 6 nitrogen and oxygen atoms in total. The summed E-state index contributed by atoms with van der Waals surface area (Å²) in [5.41, 5.74) is 5.58. The van der Waals surface area contributed by atoms with E-state index < -0.39 is 5.97 Å². The van der Waals surface area contributed by atoms with E-state index in [4.69, 9.17) is 28.3 Å². The molecule has 4 rings (SSSR count). The van der Waals surface area contributed by atoms with E-state index in [1.54, 1.807) is 30.3 Å². The number of aliphatic carboxylic acids is 1. The Morgan fingerprint density at radius 3 is 2.16 bits per heavy atom. The van der Waals surface area contributed by atoms with E-state index in [1.165, 1.54) is 6.20 Å². The number of ketones is 1. The fourth-order valence-electron chi connectivity index (χ4n) is 4.08. The highest BCUT2D eigenvalue weighted by molar-refractivity contribution is 6.31. The molecule has 2 N–H and O–H groups in total. The normalized spacial score (nSPS) is 10.7. The second-order valence-corrected chi connectivity index (χ2v) is 9.66. The predicted molar refractivity (Wildman–Crippen MR) is 150 cm³/mol. The molecule has 0 spiro atoms. The van der Waals surface area contributed by atoms with Crippen LogP contribution in [0.5, 0.6) is 0 Å². The number of pyridine rings is 1. The van der Waals surface area contributed by atoms with Crippen molar-refractivity contribution in [2.24, 2.45) is 0 Å². The molecule has 192 valence electrons. The number of hydrogen-bond donors (Lipinski definition) is 2. The number of carboxylic acids is 1. The maximum Gasteiger partial charge on any atom is 0.303 e. The largest absolute Gasteiger partial charge is 0.481 e. The van der Waals surface area contributed by atoms with Gasteiger partial charge in [-0.25, -0.2) is 0 Å². The van der Waals surface area contributed by atoms with Crippen molar-refractivity contribution in [2.75, 3.05) is 5.32 Å². The summed E-state index contributed by atoms with van der Waals surface area (Å²) in [6.07, 6.45) is 1.78. The van der Waals surface area contributed by atoms with E-state index in [-0.39, 0.29) is 36.6 Å². The number of nitrogens with one attached hydrogen (secondary N) is 1. The van der Waals surface area contributed by atoms with Gasteiger partial charge in [0.05, 0.1) is 0 Å². The number of carbonyl (C=O) groups is 3. The number of benzene rings is 3. The Morgan fingerprint density at radius 2 is 1.50 bits per heavy atom. The molecule has 0 saturated heterocycles. The van der Waals surface area contributed by atoms with E-state index in [0.29, 0.717) is 32.4 Å². The smallest absolute Gasteiger partial charge is 0.303 e. The lowest BCUT2D eigenvalue weighted by molar-refractivity contribution is -0.137. The van der Waals surface area contributed by atoms with Crippen molar-refractivity contribution >= 4 is 46.5 Å². The van der Waals surface area contributed by atoms with Gasteiger partial charge >= 0.3 is 5.97 Å². The first kappa shape index (κ1) is 27.0. The third-order valence-corrected chi connectivity index (χ3v) is 6.49. The molecule has 0 aliphatic rings. The van der Waals surface area contributed by atoms with Crippen LogP contribution < -0.4 is 5.32 Å². The first-order valence-electron chi connectivity index (χ1n) is 11.9. The molecule has 0 saturated carbocycles. The SMILES string of the molecule is Cc1cc(Cl)ccc1-c1ccc(NC(=O)c2ccc(Cl)cc2-c2ccc(C(=O)CCCC(=O)O)nc2)cc1. The summed E-state index contributed by atoms with van der Waals surface area (Å²) >= 11 is 12.3. The zero-order chi connectivity index (χ0) is 27.2. The van der Waals surface area contributed by atoms with Crippen LogP contribution >= 0.6 is 23.2 Å². The summed E-state index contributed by atoms with van der Waals surface area (Å²) in [4.78, 5) is 40.4. The van der Waals surface area contributed by atoms with E-state index >= 15 is 0 Å². The number of nitrogens with zero attached hydrogens (tertiary/aromatic N) is 1. The summed E-state index contributed by atoms with van der Waals surface area (Å²) in [5.74, 6) is -1.50. The molecule has 0 aliphatic carbocycles. The zero-order valence-corrected chi connectivity index (χ0v) is 22.0.